The van der Waals surface area contributed by atoms with Crippen molar-refractivity contribution in [3.8, 4) is 11.5 Å². The molecule has 10 nitrogen and oxygen atoms in total. The molecule has 6 heterocycles. The van der Waals surface area contributed by atoms with Gasteiger partial charge in [0, 0.05) is 11.8 Å². The van der Waals surface area contributed by atoms with E-state index in [1.807, 2.05) is 6.07 Å². The van der Waals surface area contributed by atoms with Crippen molar-refractivity contribution in [3.05, 3.63) is 60.2 Å². The van der Waals surface area contributed by atoms with E-state index in [2.05, 4.69) is 20.1 Å². The number of aromatic nitrogens is 5. The fourth-order valence-electron chi connectivity index (χ4n) is 5.64. The molecule has 36 heavy (non-hydrogen) atoms. The Labute approximate surface area is 203 Å². The van der Waals surface area contributed by atoms with E-state index in [0.717, 1.165) is 4.90 Å². The largest absolute Gasteiger partial charge is 0.382 e. The minimum absolute atomic E-state index is 0.0176. The first kappa shape index (κ1) is 21.1. The molecule has 180 valence electrons. The monoisotopic (exact) mass is 485 g/mol. The highest BCUT2D eigenvalue weighted by Crippen LogP contribution is 2.52. The van der Waals surface area contributed by atoms with Crippen molar-refractivity contribution in [2.24, 2.45) is 5.92 Å². The average molecular weight is 485 g/mol. The number of rotatable bonds is 4. The van der Waals surface area contributed by atoms with Gasteiger partial charge >= 0.3 is 0 Å². The van der Waals surface area contributed by atoms with Crippen LogP contribution in [0.2, 0.25) is 0 Å². The van der Waals surface area contributed by atoms with Gasteiger partial charge in [-0.3, -0.25) is 9.59 Å². The van der Waals surface area contributed by atoms with E-state index in [1.165, 1.54) is 12.3 Å². The first-order valence-corrected chi connectivity index (χ1v) is 11.7. The molecule has 2 N–H and O–H groups in total. The molecule has 3 aliphatic rings. The van der Waals surface area contributed by atoms with Gasteiger partial charge in [0.2, 0.25) is 5.91 Å². The summed E-state index contributed by atoms with van der Waals surface area (Å²) in [7, 11) is 0. The predicted molar refractivity (Wildman–Crippen MR) is 126 cm³/mol. The number of fused-ring (bicyclic) bond motifs is 4. The van der Waals surface area contributed by atoms with Crippen LogP contribution in [-0.4, -0.2) is 48.3 Å². The van der Waals surface area contributed by atoms with Gasteiger partial charge in [0.25, 0.3) is 5.91 Å². The summed E-state index contributed by atoms with van der Waals surface area (Å²) in [5.74, 6) is -1.25. The lowest BCUT2D eigenvalue weighted by Gasteiger charge is -2.37. The number of anilines is 2. The number of imide groups is 1. The standard InChI is InChI=1S/C25H20FN7O3/c26-16-6-2-1-4-13(16)12-32-22-14(5-3-9-28-22)19(31-32)21-29-11-17(20(27)30-21)33-23(34)15-10-25(24(33)35)8-7-18(15)36-25/h1-6,9,11,15,18H,7-8,10,12H2,(H2,27,29,30). The normalized spacial score (nSPS) is 24.8. The number of nitrogen functional groups attached to an aromatic ring is 1. The highest BCUT2D eigenvalue weighted by atomic mass is 19.1. The van der Waals surface area contributed by atoms with E-state index in [4.69, 9.17) is 10.5 Å². The Hall–Kier alpha value is -4.25. The van der Waals surface area contributed by atoms with Crippen LogP contribution >= 0.6 is 0 Å². The fraction of sp³-hybridized carbons (Fsp3) is 0.280. The molecule has 3 saturated heterocycles. The lowest BCUT2D eigenvalue weighted by Crippen LogP contribution is -2.57. The second-order valence-corrected chi connectivity index (χ2v) is 9.42. The van der Waals surface area contributed by atoms with Gasteiger partial charge in [-0.2, -0.15) is 5.10 Å². The van der Waals surface area contributed by atoms with Gasteiger partial charge in [0.05, 0.1) is 30.1 Å². The summed E-state index contributed by atoms with van der Waals surface area (Å²) in [4.78, 5) is 40.7. The first-order chi connectivity index (χ1) is 17.4. The Bertz CT molecular complexity index is 1590. The topological polar surface area (TPSA) is 129 Å². The van der Waals surface area contributed by atoms with Gasteiger partial charge in [-0.05, 0) is 37.5 Å². The molecule has 11 heteroatoms. The van der Waals surface area contributed by atoms with E-state index in [-0.39, 0.29) is 47.6 Å². The van der Waals surface area contributed by atoms with Crippen LogP contribution in [0.15, 0.2) is 48.8 Å². The Kier molecular flexibility index (Phi) is 4.32. The maximum absolute atomic E-state index is 14.3. The van der Waals surface area contributed by atoms with Gasteiger partial charge in [0.15, 0.2) is 17.3 Å². The van der Waals surface area contributed by atoms with Crippen molar-refractivity contribution in [3.63, 3.8) is 0 Å². The molecule has 7 rings (SSSR count). The van der Waals surface area contributed by atoms with Crippen LogP contribution in [0.25, 0.3) is 22.6 Å². The smallest absolute Gasteiger partial charge is 0.266 e. The second-order valence-electron chi connectivity index (χ2n) is 9.42. The van der Waals surface area contributed by atoms with Gasteiger partial charge < -0.3 is 10.5 Å². The molecule has 0 radical (unpaired) electrons. The van der Waals surface area contributed by atoms with Crippen LogP contribution in [0.5, 0.6) is 0 Å². The number of halogens is 1. The molecule has 3 bridgehead atoms. The molecule has 1 aromatic carbocycles. The van der Waals surface area contributed by atoms with Crippen LogP contribution in [0.4, 0.5) is 15.9 Å². The summed E-state index contributed by atoms with van der Waals surface area (Å²) in [5.41, 5.74) is 6.86. The minimum atomic E-state index is -0.957. The molecule has 0 aliphatic carbocycles. The van der Waals surface area contributed by atoms with Gasteiger partial charge in [0.1, 0.15) is 22.8 Å². The number of pyridine rings is 1. The molecule has 3 aromatic heterocycles. The van der Waals surface area contributed by atoms with Crippen molar-refractivity contribution < 1.29 is 18.7 Å². The quantitative estimate of drug-likeness (QED) is 0.437. The molecular formula is C25H20FN7O3. The zero-order chi connectivity index (χ0) is 24.6. The third-order valence-electron chi connectivity index (χ3n) is 7.37. The van der Waals surface area contributed by atoms with Crippen LogP contribution < -0.4 is 10.6 Å². The molecule has 3 aliphatic heterocycles. The van der Waals surface area contributed by atoms with Gasteiger partial charge in [-0.1, -0.05) is 18.2 Å². The number of hydrogen-bond donors (Lipinski definition) is 1. The van der Waals surface area contributed by atoms with Crippen molar-refractivity contribution in [2.45, 2.75) is 37.5 Å². The highest BCUT2D eigenvalue weighted by molar-refractivity contribution is 6.22. The van der Waals surface area contributed by atoms with E-state index in [0.29, 0.717) is 41.6 Å². The predicted octanol–water partition coefficient (Wildman–Crippen LogP) is 2.47. The minimum Gasteiger partial charge on any atom is -0.382 e. The highest BCUT2D eigenvalue weighted by Gasteiger charge is 2.65. The fourth-order valence-corrected chi connectivity index (χ4v) is 5.64. The molecule has 1 spiro atoms. The Morgan fingerprint density at radius 3 is 2.86 bits per heavy atom. The van der Waals surface area contributed by atoms with E-state index >= 15 is 0 Å². The van der Waals surface area contributed by atoms with Crippen LogP contribution in [0.3, 0.4) is 0 Å². The molecule has 3 atom stereocenters. The summed E-state index contributed by atoms with van der Waals surface area (Å²) in [6.45, 7) is 0.162. The summed E-state index contributed by atoms with van der Waals surface area (Å²) in [6, 6.07) is 10.0. The second kappa shape index (κ2) is 7.37. The maximum Gasteiger partial charge on any atom is 0.266 e. The number of ether oxygens (including phenoxy) is 1. The number of benzene rings is 1. The number of carbonyl (C=O) groups excluding carboxylic acids is 2. The van der Waals surface area contributed by atoms with E-state index in [1.54, 1.807) is 35.1 Å². The SMILES string of the molecule is Nc1nc(-c2nn(Cc3ccccc3F)c3ncccc23)ncc1N1C(=O)C2CC3(CCC2O3)C1=O. The number of hydrogen-bond acceptors (Lipinski definition) is 8. The molecule has 3 fully saturated rings. The average Bonchev–Trinajstić information content (AvgIpc) is 3.57. The summed E-state index contributed by atoms with van der Waals surface area (Å²) in [6.07, 6.45) is 4.49. The number of piperidine rings is 1. The number of nitrogens with zero attached hydrogens (tertiary/aromatic N) is 6. The summed E-state index contributed by atoms with van der Waals surface area (Å²) < 4.78 is 21.8. The maximum atomic E-state index is 14.3. The van der Waals surface area contributed by atoms with Crippen molar-refractivity contribution in [2.75, 3.05) is 10.6 Å². The first-order valence-electron chi connectivity index (χ1n) is 11.7. The lowest BCUT2D eigenvalue weighted by atomic mass is 9.76. The van der Waals surface area contributed by atoms with Gasteiger partial charge in [-0.25, -0.2) is 28.9 Å². The Morgan fingerprint density at radius 1 is 1.17 bits per heavy atom. The van der Waals surface area contributed by atoms with Crippen LogP contribution in [-0.2, 0) is 20.9 Å². The summed E-state index contributed by atoms with van der Waals surface area (Å²) >= 11 is 0. The van der Waals surface area contributed by atoms with Gasteiger partial charge in [-0.15, -0.1) is 0 Å². The Morgan fingerprint density at radius 2 is 2.03 bits per heavy atom. The molecule has 2 amide bonds. The number of carbonyl (C=O) groups is 2. The Balaban J connectivity index is 1.28. The lowest BCUT2D eigenvalue weighted by molar-refractivity contribution is -0.140. The van der Waals surface area contributed by atoms with Crippen LogP contribution in [0, 0.1) is 11.7 Å². The third-order valence-corrected chi connectivity index (χ3v) is 7.37. The van der Waals surface area contributed by atoms with E-state index < -0.39 is 11.5 Å². The number of amides is 2. The third kappa shape index (κ3) is 2.86. The zero-order valence-electron chi connectivity index (χ0n) is 19.0. The molecule has 0 saturated carbocycles. The van der Waals surface area contributed by atoms with Crippen molar-refractivity contribution >= 4 is 34.4 Å². The van der Waals surface area contributed by atoms with Crippen LogP contribution in [0.1, 0.15) is 24.8 Å². The molecule has 4 aromatic rings. The molecule has 3 unspecified atom stereocenters. The van der Waals surface area contributed by atoms with Crippen molar-refractivity contribution in [1.82, 2.24) is 24.7 Å². The van der Waals surface area contributed by atoms with E-state index in [9.17, 15) is 14.0 Å². The number of nitrogens with two attached hydrogens (primary N) is 1. The summed E-state index contributed by atoms with van der Waals surface area (Å²) in [5, 5.41) is 5.27. The molecular weight excluding hydrogens is 465 g/mol. The van der Waals surface area contributed by atoms with Crippen molar-refractivity contribution in [1.29, 1.82) is 0 Å². The zero-order valence-corrected chi connectivity index (χ0v) is 19.0.